The van der Waals surface area contributed by atoms with Crippen molar-refractivity contribution in [2.24, 2.45) is 0 Å². The van der Waals surface area contributed by atoms with Crippen molar-refractivity contribution in [1.82, 2.24) is 4.98 Å². The number of nitrogens with one attached hydrogen (secondary N) is 2. The van der Waals surface area contributed by atoms with Gasteiger partial charge in [-0.2, -0.15) is 0 Å². The van der Waals surface area contributed by atoms with Crippen molar-refractivity contribution in [2.75, 3.05) is 24.5 Å². The van der Waals surface area contributed by atoms with Crippen LogP contribution in [0.4, 0.5) is 5.69 Å². The molecule has 0 saturated heterocycles. The van der Waals surface area contributed by atoms with Crippen LogP contribution in [0.5, 0.6) is 5.75 Å². The third-order valence-electron chi connectivity index (χ3n) is 4.58. The maximum Gasteiger partial charge on any atom is 0.261 e. The second-order valence-electron chi connectivity index (χ2n) is 6.99. The first-order valence-electron chi connectivity index (χ1n) is 9.57. The van der Waals surface area contributed by atoms with E-state index in [1.807, 2.05) is 20.8 Å². The summed E-state index contributed by atoms with van der Waals surface area (Å²) in [6.07, 6.45) is 1.57. The number of ether oxygens (including phenoxy) is 2. The van der Waals surface area contributed by atoms with Gasteiger partial charge in [0.15, 0.2) is 0 Å². The van der Waals surface area contributed by atoms with Crippen molar-refractivity contribution in [3.05, 3.63) is 52.1 Å². The summed E-state index contributed by atoms with van der Waals surface area (Å²) in [5.41, 5.74) is 1.69. The summed E-state index contributed by atoms with van der Waals surface area (Å²) < 4.78 is 39.8. The van der Waals surface area contributed by atoms with Crippen LogP contribution in [0.15, 0.2) is 41.4 Å². The Hall–Kier alpha value is -1.93. The van der Waals surface area contributed by atoms with E-state index in [0.717, 1.165) is 5.56 Å². The standard InChI is InChI=1S/C21H24Cl2N2O4S/c1-4-28-9-10-29-19-8-5-14(11-15(19)13(2)3)30(26,27)25-18-7-6-16(22)20-17(23)12-24-21(18)20/h5-8,11-13,24-25H,4,9-10H2,1-3H3. The number of benzene rings is 2. The third-order valence-corrected chi connectivity index (χ3v) is 6.56. The fourth-order valence-electron chi connectivity index (χ4n) is 3.09. The van der Waals surface area contributed by atoms with Gasteiger partial charge in [-0.15, -0.1) is 0 Å². The van der Waals surface area contributed by atoms with E-state index in [2.05, 4.69) is 9.71 Å². The molecule has 0 aliphatic heterocycles. The SMILES string of the molecule is CCOCCOc1ccc(S(=O)(=O)Nc2ccc(Cl)c3c(Cl)c[nH]c23)cc1C(C)C. The number of rotatable bonds is 9. The van der Waals surface area contributed by atoms with Crippen LogP contribution in [0.25, 0.3) is 10.9 Å². The maximum atomic E-state index is 13.1. The highest BCUT2D eigenvalue weighted by molar-refractivity contribution is 7.92. The van der Waals surface area contributed by atoms with E-state index in [-0.39, 0.29) is 10.8 Å². The van der Waals surface area contributed by atoms with Crippen molar-refractivity contribution in [3.63, 3.8) is 0 Å². The summed E-state index contributed by atoms with van der Waals surface area (Å²) in [5.74, 6) is 0.723. The van der Waals surface area contributed by atoms with E-state index in [9.17, 15) is 8.42 Å². The molecule has 0 amide bonds. The second-order valence-corrected chi connectivity index (χ2v) is 9.48. The van der Waals surface area contributed by atoms with Crippen LogP contribution in [0.1, 0.15) is 32.3 Å². The Balaban J connectivity index is 1.91. The lowest BCUT2D eigenvalue weighted by atomic mass is 10.0. The Bertz CT molecular complexity index is 1140. The molecule has 30 heavy (non-hydrogen) atoms. The van der Waals surface area contributed by atoms with Gasteiger partial charge in [0.25, 0.3) is 10.0 Å². The molecule has 9 heteroatoms. The van der Waals surface area contributed by atoms with Crippen LogP contribution in [0, 0.1) is 0 Å². The molecule has 2 aromatic carbocycles. The highest BCUT2D eigenvalue weighted by atomic mass is 35.5. The smallest absolute Gasteiger partial charge is 0.261 e. The Labute approximate surface area is 186 Å². The zero-order chi connectivity index (χ0) is 21.9. The Morgan fingerprint density at radius 1 is 1.10 bits per heavy atom. The lowest BCUT2D eigenvalue weighted by Gasteiger charge is -2.16. The minimum atomic E-state index is -3.85. The zero-order valence-electron chi connectivity index (χ0n) is 17.0. The number of fused-ring (bicyclic) bond motifs is 1. The molecule has 0 saturated carbocycles. The molecule has 3 rings (SSSR count). The molecule has 0 aliphatic carbocycles. The van der Waals surface area contributed by atoms with Gasteiger partial charge < -0.3 is 14.5 Å². The molecule has 0 unspecified atom stereocenters. The first kappa shape index (κ1) is 22.7. The predicted molar refractivity (Wildman–Crippen MR) is 122 cm³/mol. The molecular formula is C21H24Cl2N2O4S. The van der Waals surface area contributed by atoms with E-state index in [1.54, 1.807) is 30.5 Å². The number of aromatic amines is 1. The van der Waals surface area contributed by atoms with Gasteiger partial charge in [0, 0.05) is 18.2 Å². The molecular weight excluding hydrogens is 447 g/mol. The number of H-pyrrole nitrogens is 1. The monoisotopic (exact) mass is 470 g/mol. The molecule has 1 heterocycles. The first-order chi connectivity index (χ1) is 14.2. The fourth-order valence-corrected chi connectivity index (χ4v) is 4.75. The van der Waals surface area contributed by atoms with Gasteiger partial charge in [-0.05, 0) is 48.7 Å². The van der Waals surface area contributed by atoms with Gasteiger partial charge in [-0.3, -0.25) is 4.72 Å². The van der Waals surface area contributed by atoms with E-state index < -0.39 is 10.0 Å². The van der Waals surface area contributed by atoms with Gasteiger partial charge in [-0.1, -0.05) is 37.0 Å². The normalized spacial score (nSPS) is 11.9. The predicted octanol–water partition coefficient (Wildman–Crippen LogP) is 5.81. The van der Waals surface area contributed by atoms with Crippen molar-refractivity contribution in [2.45, 2.75) is 31.6 Å². The zero-order valence-corrected chi connectivity index (χ0v) is 19.3. The quantitative estimate of drug-likeness (QED) is 0.386. The minimum absolute atomic E-state index is 0.0756. The first-order valence-corrected chi connectivity index (χ1v) is 11.8. The molecule has 0 aliphatic rings. The summed E-state index contributed by atoms with van der Waals surface area (Å²) in [5, 5.41) is 1.43. The number of sulfonamides is 1. The van der Waals surface area contributed by atoms with Gasteiger partial charge in [0.05, 0.1) is 32.8 Å². The molecule has 2 N–H and O–H groups in total. The summed E-state index contributed by atoms with van der Waals surface area (Å²) in [4.78, 5) is 3.11. The van der Waals surface area contributed by atoms with Crippen LogP contribution < -0.4 is 9.46 Å². The molecule has 0 spiro atoms. The molecule has 3 aromatic rings. The van der Waals surface area contributed by atoms with Crippen LogP contribution in [-0.2, 0) is 14.8 Å². The summed E-state index contributed by atoms with van der Waals surface area (Å²) >= 11 is 12.4. The maximum absolute atomic E-state index is 13.1. The molecule has 0 radical (unpaired) electrons. The average Bonchev–Trinajstić information content (AvgIpc) is 3.10. The second kappa shape index (κ2) is 9.47. The Morgan fingerprint density at radius 2 is 1.87 bits per heavy atom. The number of hydrogen-bond acceptors (Lipinski definition) is 4. The highest BCUT2D eigenvalue weighted by Gasteiger charge is 2.20. The lowest BCUT2D eigenvalue weighted by Crippen LogP contribution is -2.14. The van der Waals surface area contributed by atoms with Gasteiger partial charge in [0.2, 0.25) is 0 Å². The van der Waals surface area contributed by atoms with Gasteiger partial charge in [-0.25, -0.2) is 8.42 Å². The summed E-state index contributed by atoms with van der Waals surface area (Å²) in [6.45, 7) is 7.38. The van der Waals surface area contributed by atoms with Crippen LogP contribution >= 0.6 is 23.2 Å². The van der Waals surface area contributed by atoms with Gasteiger partial charge >= 0.3 is 0 Å². The number of hydrogen-bond donors (Lipinski definition) is 2. The van der Waals surface area contributed by atoms with Crippen LogP contribution in [0.3, 0.4) is 0 Å². The molecule has 162 valence electrons. The number of halogens is 2. The lowest BCUT2D eigenvalue weighted by molar-refractivity contribution is 0.109. The largest absolute Gasteiger partial charge is 0.491 e. The average molecular weight is 471 g/mol. The van der Waals surface area contributed by atoms with Crippen molar-refractivity contribution in [3.8, 4) is 5.75 Å². The van der Waals surface area contributed by atoms with Crippen LogP contribution in [0.2, 0.25) is 10.0 Å². The van der Waals surface area contributed by atoms with E-state index in [1.165, 1.54) is 6.07 Å². The third kappa shape index (κ3) is 4.86. The minimum Gasteiger partial charge on any atom is -0.491 e. The summed E-state index contributed by atoms with van der Waals surface area (Å²) in [7, 11) is -3.85. The van der Waals surface area contributed by atoms with E-state index in [0.29, 0.717) is 52.2 Å². The van der Waals surface area contributed by atoms with Gasteiger partial charge in [0.1, 0.15) is 12.4 Å². The van der Waals surface area contributed by atoms with E-state index >= 15 is 0 Å². The molecule has 1 aromatic heterocycles. The highest BCUT2D eigenvalue weighted by Crippen LogP contribution is 2.36. The topological polar surface area (TPSA) is 80.4 Å². The molecule has 0 bridgehead atoms. The van der Waals surface area contributed by atoms with Crippen molar-refractivity contribution >= 4 is 49.8 Å². The summed E-state index contributed by atoms with van der Waals surface area (Å²) in [6, 6.07) is 8.05. The fraction of sp³-hybridized carbons (Fsp3) is 0.333. The Morgan fingerprint density at radius 3 is 2.57 bits per heavy atom. The Kier molecular flexibility index (Phi) is 7.18. The molecule has 6 nitrogen and oxygen atoms in total. The van der Waals surface area contributed by atoms with Crippen molar-refractivity contribution < 1.29 is 17.9 Å². The van der Waals surface area contributed by atoms with E-state index in [4.69, 9.17) is 32.7 Å². The molecule has 0 fully saturated rings. The molecule has 0 atom stereocenters. The van der Waals surface area contributed by atoms with Crippen molar-refractivity contribution in [1.29, 1.82) is 0 Å². The number of anilines is 1. The number of aromatic nitrogens is 1. The van der Waals surface area contributed by atoms with Crippen LogP contribution in [-0.4, -0.2) is 33.2 Å².